The highest BCUT2D eigenvalue weighted by atomic mass is 32.1. The van der Waals surface area contributed by atoms with Crippen LogP contribution in [-0.2, 0) is 6.42 Å². The standard InChI is InChI=1S/C14H22N2S/c1-10-16-13(9-17-10)8-14(15)6-2-3-12(7-14)11-4-5-11/h9,11-12H,2-8,15H2,1H3. The van der Waals surface area contributed by atoms with Crippen molar-refractivity contribution >= 4 is 11.3 Å². The molecule has 0 saturated heterocycles. The van der Waals surface area contributed by atoms with E-state index >= 15 is 0 Å². The van der Waals surface area contributed by atoms with Crippen LogP contribution < -0.4 is 5.73 Å². The zero-order chi connectivity index (χ0) is 11.9. The van der Waals surface area contributed by atoms with Crippen molar-refractivity contribution in [2.24, 2.45) is 17.6 Å². The molecule has 2 fully saturated rings. The molecule has 1 aromatic rings. The van der Waals surface area contributed by atoms with Gasteiger partial charge >= 0.3 is 0 Å². The maximum Gasteiger partial charge on any atom is 0.0897 e. The Kier molecular flexibility index (Phi) is 2.99. The van der Waals surface area contributed by atoms with Crippen LogP contribution in [0.5, 0.6) is 0 Å². The SMILES string of the molecule is Cc1nc(CC2(N)CCCC(C3CC3)C2)cs1. The Morgan fingerprint density at radius 2 is 2.24 bits per heavy atom. The van der Waals surface area contributed by atoms with Gasteiger partial charge in [-0.25, -0.2) is 4.98 Å². The number of nitrogens with two attached hydrogens (primary N) is 1. The Morgan fingerprint density at radius 3 is 2.88 bits per heavy atom. The first-order valence-corrected chi connectivity index (χ1v) is 7.72. The second-order valence-corrected chi connectivity index (χ2v) is 7.15. The van der Waals surface area contributed by atoms with E-state index < -0.39 is 0 Å². The second-order valence-electron chi connectivity index (χ2n) is 6.09. The van der Waals surface area contributed by atoms with Crippen molar-refractivity contribution in [2.45, 2.75) is 57.4 Å². The molecule has 1 aromatic heterocycles. The fourth-order valence-corrected chi connectivity index (χ4v) is 4.04. The van der Waals surface area contributed by atoms with Crippen LogP contribution in [0.4, 0.5) is 0 Å². The molecule has 94 valence electrons. The molecule has 0 aromatic carbocycles. The molecule has 17 heavy (non-hydrogen) atoms. The fraction of sp³-hybridized carbons (Fsp3) is 0.786. The molecule has 1 heterocycles. The Balaban J connectivity index is 1.67. The van der Waals surface area contributed by atoms with E-state index in [1.165, 1.54) is 44.2 Å². The van der Waals surface area contributed by atoms with Gasteiger partial charge in [-0.05, 0) is 44.4 Å². The predicted octanol–water partition coefficient (Wildman–Crippen LogP) is 3.29. The minimum atomic E-state index is 0.0337. The number of nitrogens with zero attached hydrogens (tertiary/aromatic N) is 1. The highest BCUT2D eigenvalue weighted by molar-refractivity contribution is 7.09. The summed E-state index contributed by atoms with van der Waals surface area (Å²) in [6, 6.07) is 0. The molecule has 0 bridgehead atoms. The molecule has 0 amide bonds. The van der Waals surface area contributed by atoms with Crippen molar-refractivity contribution in [1.82, 2.24) is 4.98 Å². The molecule has 2 aliphatic carbocycles. The van der Waals surface area contributed by atoms with Gasteiger partial charge < -0.3 is 5.73 Å². The zero-order valence-corrected chi connectivity index (χ0v) is 11.4. The lowest BCUT2D eigenvalue weighted by atomic mass is 9.72. The minimum absolute atomic E-state index is 0.0337. The minimum Gasteiger partial charge on any atom is -0.325 e. The average molecular weight is 250 g/mol. The van der Waals surface area contributed by atoms with Gasteiger partial charge in [-0.3, -0.25) is 0 Å². The van der Waals surface area contributed by atoms with Crippen LogP contribution in [0.3, 0.4) is 0 Å². The van der Waals surface area contributed by atoms with Gasteiger partial charge in [0, 0.05) is 17.3 Å². The van der Waals surface area contributed by atoms with Crippen molar-refractivity contribution in [1.29, 1.82) is 0 Å². The second kappa shape index (κ2) is 4.36. The van der Waals surface area contributed by atoms with E-state index in [4.69, 9.17) is 5.73 Å². The molecule has 2 atom stereocenters. The molecule has 0 radical (unpaired) electrons. The average Bonchev–Trinajstić information content (AvgIpc) is 3.04. The smallest absolute Gasteiger partial charge is 0.0897 e. The fourth-order valence-electron chi connectivity index (χ4n) is 3.42. The normalized spacial score (nSPS) is 33.9. The van der Waals surface area contributed by atoms with E-state index in [1.54, 1.807) is 11.3 Å². The molecule has 2 nitrogen and oxygen atoms in total. The van der Waals surface area contributed by atoms with Crippen LogP contribution in [0.15, 0.2) is 5.38 Å². The van der Waals surface area contributed by atoms with Crippen molar-refractivity contribution < 1.29 is 0 Å². The number of hydrogen-bond donors (Lipinski definition) is 1. The van der Waals surface area contributed by atoms with E-state index in [-0.39, 0.29) is 5.54 Å². The predicted molar refractivity (Wildman–Crippen MR) is 72.2 cm³/mol. The third-order valence-corrected chi connectivity index (χ3v) is 5.23. The monoisotopic (exact) mass is 250 g/mol. The van der Waals surface area contributed by atoms with Crippen LogP contribution in [0.2, 0.25) is 0 Å². The van der Waals surface area contributed by atoms with Gasteiger partial charge in [0.05, 0.1) is 10.7 Å². The molecule has 3 heteroatoms. The summed E-state index contributed by atoms with van der Waals surface area (Å²) in [6.07, 6.45) is 9.05. The summed E-state index contributed by atoms with van der Waals surface area (Å²) in [6.45, 7) is 2.07. The quantitative estimate of drug-likeness (QED) is 0.894. The van der Waals surface area contributed by atoms with Gasteiger partial charge in [0.15, 0.2) is 0 Å². The van der Waals surface area contributed by atoms with Gasteiger partial charge in [0.2, 0.25) is 0 Å². The van der Waals surface area contributed by atoms with Gasteiger partial charge in [-0.15, -0.1) is 11.3 Å². The molecular formula is C14H22N2S. The lowest BCUT2D eigenvalue weighted by molar-refractivity contribution is 0.203. The Hall–Kier alpha value is -0.410. The Bertz CT molecular complexity index is 397. The van der Waals surface area contributed by atoms with Crippen molar-refractivity contribution in [3.8, 4) is 0 Å². The largest absolute Gasteiger partial charge is 0.325 e. The first kappa shape index (κ1) is 11.7. The molecular weight excluding hydrogens is 228 g/mol. The maximum atomic E-state index is 6.62. The van der Waals surface area contributed by atoms with E-state index in [2.05, 4.69) is 17.3 Å². The third kappa shape index (κ3) is 2.71. The van der Waals surface area contributed by atoms with Gasteiger partial charge in [0.25, 0.3) is 0 Å². The van der Waals surface area contributed by atoms with Crippen molar-refractivity contribution in [3.63, 3.8) is 0 Å². The third-order valence-electron chi connectivity index (χ3n) is 4.41. The lowest BCUT2D eigenvalue weighted by Gasteiger charge is -2.38. The van der Waals surface area contributed by atoms with Crippen LogP contribution in [0.1, 0.15) is 49.2 Å². The molecule has 0 aliphatic heterocycles. The molecule has 2 unspecified atom stereocenters. The lowest BCUT2D eigenvalue weighted by Crippen LogP contribution is -2.46. The number of rotatable bonds is 3. The van der Waals surface area contributed by atoms with E-state index in [0.717, 1.165) is 23.3 Å². The molecule has 0 spiro atoms. The molecule has 3 rings (SSSR count). The summed E-state index contributed by atoms with van der Waals surface area (Å²) in [7, 11) is 0. The highest BCUT2D eigenvalue weighted by Crippen LogP contribution is 2.46. The molecule has 2 N–H and O–H groups in total. The Morgan fingerprint density at radius 1 is 1.41 bits per heavy atom. The van der Waals surface area contributed by atoms with Crippen molar-refractivity contribution in [3.05, 3.63) is 16.1 Å². The molecule has 2 saturated carbocycles. The topological polar surface area (TPSA) is 38.9 Å². The molecule has 2 aliphatic rings. The van der Waals surface area contributed by atoms with Crippen molar-refractivity contribution in [2.75, 3.05) is 0 Å². The summed E-state index contributed by atoms with van der Waals surface area (Å²) < 4.78 is 0. The summed E-state index contributed by atoms with van der Waals surface area (Å²) in [5, 5.41) is 3.35. The number of aromatic nitrogens is 1. The van der Waals surface area contributed by atoms with E-state index in [1.807, 2.05) is 0 Å². The number of aryl methyl sites for hydroxylation is 1. The maximum absolute atomic E-state index is 6.62. The van der Waals surface area contributed by atoms with Gasteiger partial charge in [0.1, 0.15) is 0 Å². The van der Waals surface area contributed by atoms with Crippen LogP contribution in [0, 0.1) is 18.8 Å². The summed E-state index contributed by atoms with van der Waals surface area (Å²) in [5.74, 6) is 1.92. The first-order valence-electron chi connectivity index (χ1n) is 6.84. The summed E-state index contributed by atoms with van der Waals surface area (Å²) in [4.78, 5) is 4.57. The van der Waals surface area contributed by atoms with Gasteiger partial charge in [-0.2, -0.15) is 0 Å². The number of thiazole rings is 1. The summed E-state index contributed by atoms with van der Waals surface area (Å²) in [5.41, 5.74) is 7.87. The van der Waals surface area contributed by atoms with E-state index in [0.29, 0.717) is 0 Å². The first-order chi connectivity index (χ1) is 8.15. The Labute approximate surface area is 108 Å². The van der Waals surface area contributed by atoms with Gasteiger partial charge in [-0.1, -0.05) is 12.8 Å². The van der Waals surface area contributed by atoms with E-state index in [9.17, 15) is 0 Å². The van der Waals surface area contributed by atoms with Crippen LogP contribution in [0.25, 0.3) is 0 Å². The zero-order valence-electron chi connectivity index (χ0n) is 10.6. The van der Waals surface area contributed by atoms with Crippen LogP contribution in [-0.4, -0.2) is 10.5 Å². The summed E-state index contributed by atoms with van der Waals surface area (Å²) >= 11 is 1.74. The van der Waals surface area contributed by atoms with Crippen LogP contribution >= 0.6 is 11.3 Å². The highest BCUT2D eigenvalue weighted by Gasteiger charge is 2.40. The number of hydrogen-bond acceptors (Lipinski definition) is 3.